The molecule has 1 heterocycles. The van der Waals surface area contributed by atoms with Crippen LogP contribution in [0.5, 0.6) is 0 Å². The van der Waals surface area contributed by atoms with Gasteiger partial charge in [-0.3, -0.25) is 10.1 Å². The first-order valence-electron chi connectivity index (χ1n) is 8.86. The highest BCUT2D eigenvalue weighted by Gasteiger charge is 2.39. The zero-order valence-electron chi connectivity index (χ0n) is 14.5. The lowest BCUT2D eigenvalue weighted by atomic mass is 9.72. The molecule has 5 heteroatoms. The maximum Gasteiger partial charge on any atom is 0.411 e. The van der Waals surface area contributed by atoms with E-state index in [1.54, 1.807) is 18.2 Å². The van der Waals surface area contributed by atoms with Crippen molar-refractivity contribution in [3.05, 3.63) is 29.8 Å². The minimum absolute atomic E-state index is 0.0762. The maximum atomic E-state index is 13.1. The molecule has 1 aromatic carbocycles. The predicted octanol–water partition coefficient (Wildman–Crippen LogP) is 3.91. The number of fused-ring (bicyclic) bond motifs is 1. The normalized spacial score (nSPS) is 26.4. The molecule has 5 nitrogen and oxygen atoms in total. The maximum absolute atomic E-state index is 13.1. The summed E-state index contributed by atoms with van der Waals surface area (Å²) in [5.74, 6) is 1.41. The molecule has 2 aliphatic rings. The second-order valence-electron chi connectivity index (χ2n) is 6.98. The second-order valence-corrected chi connectivity index (χ2v) is 6.98. The molecule has 1 saturated heterocycles. The summed E-state index contributed by atoms with van der Waals surface area (Å²) in [5.41, 5.74) is 1.21. The van der Waals surface area contributed by atoms with E-state index in [1.807, 2.05) is 6.07 Å². The van der Waals surface area contributed by atoms with Crippen LogP contribution >= 0.6 is 0 Å². The smallest absolute Gasteiger partial charge is 0.411 e. The van der Waals surface area contributed by atoms with Crippen LogP contribution in [0.2, 0.25) is 0 Å². The average molecular weight is 330 g/mol. The van der Waals surface area contributed by atoms with Gasteiger partial charge in [0.1, 0.15) is 0 Å². The molecule has 24 heavy (non-hydrogen) atoms. The van der Waals surface area contributed by atoms with E-state index in [-0.39, 0.29) is 5.91 Å². The number of methoxy groups -OCH3 is 1. The van der Waals surface area contributed by atoms with Crippen molar-refractivity contribution in [1.29, 1.82) is 0 Å². The molecule has 0 radical (unpaired) electrons. The van der Waals surface area contributed by atoms with Crippen LogP contribution in [0.4, 0.5) is 10.5 Å². The molecule has 1 aliphatic heterocycles. The number of carbonyl (C=O) groups is 2. The van der Waals surface area contributed by atoms with Gasteiger partial charge in [-0.15, -0.1) is 0 Å². The van der Waals surface area contributed by atoms with E-state index in [1.165, 1.54) is 26.4 Å². The highest BCUT2D eigenvalue weighted by molar-refractivity contribution is 5.96. The Bertz CT molecular complexity index is 616. The van der Waals surface area contributed by atoms with Gasteiger partial charge in [0.05, 0.1) is 7.11 Å². The van der Waals surface area contributed by atoms with Gasteiger partial charge in [0, 0.05) is 23.8 Å². The molecule has 1 N–H and O–H groups in total. The molecule has 0 bridgehead atoms. The molecule has 1 aliphatic carbocycles. The molecule has 0 aromatic heterocycles. The molecule has 3 unspecified atom stereocenters. The number of nitrogens with one attached hydrogen (secondary N) is 1. The minimum Gasteiger partial charge on any atom is -0.453 e. The van der Waals surface area contributed by atoms with Crippen LogP contribution in [-0.2, 0) is 4.74 Å². The number of nitrogens with zero attached hydrogens (tertiary/aromatic N) is 1. The summed E-state index contributed by atoms with van der Waals surface area (Å²) in [6.07, 6.45) is 5.39. The molecule has 130 valence electrons. The van der Waals surface area contributed by atoms with E-state index in [2.05, 4.69) is 21.9 Å². The lowest BCUT2D eigenvalue weighted by Gasteiger charge is -2.47. The zero-order valence-corrected chi connectivity index (χ0v) is 14.5. The Labute approximate surface area is 143 Å². The van der Waals surface area contributed by atoms with Crippen molar-refractivity contribution >= 4 is 17.7 Å². The number of hydrogen-bond acceptors (Lipinski definition) is 3. The predicted molar refractivity (Wildman–Crippen MR) is 93.0 cm³/mol. The summed E-state index contributed by atoms with van der Waals surface area (Å²) < 4.78 is 4.61. The summed E-state index contributed by atoms with van der Waals surface area (Å²) in [7, 11) is 1.32. The topological polar surface area (TPSA) is 58.6 Å². The second kappa shape index (κ2) is 7.24. The third-order valence-electron chi connectivity index (χ3n) is 5.54. The van der Waals surface area contributed by atoms with Gasteiger partial charge in [-0.05, 0) is 49.3 Å². The molecular weight excluding hydrogens is 304 g/mol. The summed E-state index contributed by atoms with van der Waals surface area (Å²) >= 11 is 0. The van der Waals surface area contributed by atoms with E-state index in [0.717, 1.165) is 19.4 Å². The molecule has 3 rings (SSSR count). The molecule has 3 atom stereocenters. The van der Waals surface area contributed by atoms with Gasteiger partial charge in [0.2, 0.25) is 0 Å². The molecular formula is C19H26N2O3. The highest BCUT2D eigenvalue weighted by Crippen LogP contribution is 2.39. The van der Waals surface area contributed by atoms with Crippen LogP contribution in [0.3, 0.4) is 0 Å². The van der Waals surface area contributed by atoms with Gasteiger partial charge in [-0.1, -0.05) is 25.8 Å². The number of benzene rings is 1. The first-order chi connectivity index (χ1) is 11.6. The highest BCUT2D eigenvalue weighted by atomic mass is 16.5. The molecule has 2 amide bonds. The largest absolute Gasteiger partial charge is 0.453 e. The van der Waals surface area contributed by atoms with Gasteiger partial charge >= 0.3 is 6.09 Å². The van der Waals surface area contributed by atoms with Gasteiger partial charge in [-0.25, -0.2) is 4.79 Å². The Kier molecular flexibility index (Phi) is 5.07. The Morgan fingerprint density at radius 1 is 1.21 bits per heavy atom. The number of amides is 2. The standard InChI is InChI=1S/C19H26N2O3/c1-13-10-11-21(17-9-4-3-8-16(13)17)18(22)14-6-5-7-15(12-14)20-19(23)24-2/h5-7,12-13,16-17H,3-4,8-11H2,1-2H3,(H,20,23). The summed E-state index contributed by atoms with van der Waals surface area (Å²) in [6.45, 7) is 3.15. The van der Waals surface area contributed by atoms with E-state index >= 15 is 0 Å². The van der Waals surface area contributed by atoms with Crippen LogP contribution in [0.25, 0.3) is 0 Å². The van der Waals surface area contributed by atoms with Crippen molar-refractivity contribution in [2.24, 2.45) is 11.8 Å². The number of ether oxygens (including phenoxy) is 1. The van der Waals surface area contributed by atoms with Crippen molar-refractivity contribution in [3.8, 4) is 0 Å². The summed E-state index contributed by atoms with van der Waals surface area (Å²) in [6, 6.07) is 7.47. The van der Waals surface area contributed by atoms with Crippen molar-refractivity contribution in [2.45, 2.75) is 45.1 Å². The molecule has 2 fully saturated rings. The fourth-order valence-electron chi connectivity index (χ4n) is 4.23. The quantitative estimate of drug-likeness (QED) is 0.894. The van der Waals surface area contributed by atoms with E-state index in [0.29, 0.717) is 29.1 Å². The fourth-order valence-corrected chi connectivity index (χ4v) is 4.23. The Morgan fingerprint density at radius 2 is 2.00 bits per heavy atom. The van der Waals surface area contributed by atoms with Crippen LogP contribution in [-0.4, -0.2) is 36.6 Å². The van der Waals surface area contributed by atoms with Crippen LogP contribution in [0, 0.1) is 11.8 Å². The van der Waals surface area contributed by atoms with Gasteiger partial charge in [0.15, 0.2) is 0 Å². The number of carbonyl (C=O) groups excluding carboxylic acids is 2. The Hall–Kier alpha value is -2.04. The van der Waals surface area contributed by atoms with Crippen LogP contribution < -0.4 is 5.32 Å². The van der Waals surface area contributed by atoms with Gasteiger partial charge in [0.25, 0.3) is 5.91 Å². The van der Waals surface area contributed by atoms with Crippen molar-refractivity contribution < 1.29 is 14.3 Å². The van der Waals surface area contributed by atoms with Crippen LogP contribution in [0.1, 0.15) is 49.4 Å². The fraction of sp³-hybridized carbons (Fsp3) is 0.579. The lowest BCUT2D eigenvalue weighted by molar-refractivity contribution is 0.0218. The minimum atomic E-state index is -0.529. The number of rotatable bonds is 2. The molecule has 1 aromatic rings. The van der Waals surface area contributed by atoms with E-state index in [9.17, 15) is 9.59 Å². The summed E-state index contributed by atoms with van der Waals surface area (Å²) in [5, 5.41) is 2.62. The number of piperidine rings is 1. The summed E-state index contributed by atoms with van der Waals surface area (Å²) in [4.78, 5) is 26.5. The Morgan fingerprint density at radius 3 is 2.79 bits per heavy atom. The van der Waals surface area contributed by atoms with Gasteiger partial charge in [-0.2, -0.15) is 0 Å². The number of anilines is 1. The number of likely N-dealkylation sites (tertiary alicyclic amines) is 1. The first kappa shape index (κ1) is 16.8. The lowest BCUT2D eigenvalue weighted by Crippen LogP contribution is -2.52. The van der Waals surface area contributed by atoms with Gasteiger partial charge < -0.3 is 9.64 Å². The molecule has 1 saturated carbocycles. The third-order valence-corrected chi connectivity index (χ3v) is 5.54. The van der Waals surface area contributed by atoms with Crippen molar-refractivity contribution in [1.82, 2.24) is 4.90 Å². The zero-order chi connectivity index (χ0) is 17.1. The van der Waals surface area contributed by atoms with Crippen molar-refractivity contribution in [3.63, 3.8) is 0 Å². The SMILES string of the molecule is COC(=O)Nc1cccc(C(=O)N2CCC(C)C3CCCCC32)c1. The Balaban J connectivity index is 1.78. The van der Waals surface area contributed by atoms with E-state index in [4.69, 9.17) is 0 Å². The average Bonchev–Trinajstić information content (AvgIpc) is 2.62. The first-order valence-corrected chi connectivity index (χ1v) is 8.86. The van der Waals surface area contributed by atoms with Crippen LogP contribution in [0.15, 0.2) is 24.3 Å². The monoisotopic (exact) mass is 330 g/mol. The molecule has 0 spiro atoms. The third kappa shape index (κ3) is 3.40. The van der Waals surface area contributed by atoms with Crippen molar-refractivity contribution in [2.75, 3.05) is 19.0 Å². The van der Waals surface area contributed by atoms with E-state index < -0.39 is 6.09 Å². The number of hydrogen-bond donors (Lipinski definition) is 1.